The van der Waals surface area contributed by atoms with Gasteiger partial charge in [0.2, 0.25) is 5.91 Å². The quantitative estimate of drug-likeness (QED) is 0.0232. The number of amides is 1. The molecule has 0 rings (SSSR count). The van der Waals surface area contributed by atoms with Crippen LogP contribution in [0.4, 0.5) is 0 Å². The fourth-order valence-corrected chi connectivity index (χ4v) is 5.02. The lowest BCUT2D eigenvalue weighted by Gasteiger charge is -2.18. The molecule has 49 heavy (non-hydrogen) atoms. The van der Waals surface area contributed by atoms with Crippen LogP contribution < -0.4 is 5.32 Å². The highest BCUT2D eigenvalue weighted by Gasteiger charge is 2.28. The third-order valence-electron chi connectivity index (χ3n) is 7.02. The largest absolute Gasteiger partial charge is 0.480 e. The molecular weight excluding hydrogens is 649 g/mol. The fourth-order valence-electron chi connectivity index (χ4n) is 4.25. The highest BCUT2D eigenvalue weighted by Crippen LogP contribution is 2.43. The van der Waals surface area contributed by atoms with Gasteiger partial charge in [0.25, 0.3) is 0 Å². The van der Waals surface area contributed by atoms with Crippen LogP contribution in [-0.2, 0) is 32.7 Å². The van der Waals surface area contributed by atoms with Gasteiger partial charge in [-0.25, -0.2) is 9.36 Å². The third-order valence-corrected chi connectivity index (χ3v) is 7.97. The Bertz CT molecular complexity index is 1070. The summed E-state index contributed by atoms with van der Waals surface area (Å²) >= 11 is 0. The number of phosphoric ester groups is 1. The van der Waals surface area contributed by atoms with Gasteiger partial charge in [-0.2, -0.15) is 0 Å². The number of nitrogens with one attached hydrogen (secondary N) is 1. The number of aliphatic carboxylic acids is 1. The first-order chi connectivity index (χ1) is 23.6. The number of hydrogen-bond acceptors (Lipinski definition) is 8. The van der Waals surface area contributed by atoms with Gasteiger partial charge in [-0.05, 0) is 70.6 Å². The number of carbonyl (C=O) groups is 3. The molecular formula is C37H62NO10P. The van der Waals surface area contributed by atoms with E-state index < -0.39 is 57.6 Å². The van der Waals surface area contributed by atoms with Crippen molar-refractivity contribution in [1.29, 1.82) is 0 Å². The van der Waals surface area contributed by atoms with Crippen molar-refractivity contribution in [3.63, 3.8) is 0 Å². The Hall–Kier alpha value is -2.82. The van der Waals surface area contributed by atoms with E-state index in [-0.39, 0.29) is 12.8 Å². The molecule has 0 fully saturated rings. The molecule has 0 aromatic carbocycles. The van der Waals surface area contributed by atoms with Crippen LogP contribution in [0.2, 0.25) is 0 Å². The molecule has 11 nitrogen and oxygen atoms in total. The summed E-state index contributed by atoms with van der Waals surface area (Å²) in [7, 11) is -4.76. The Labute approximate surface area is 294 Å². The molecule has 0 bridgehead atoms. The number of ether oxygens (including phenoxy) is 1. The molecule has 0 heterocycles. The third kappa shape index (κ3) is 32.2. The molecule has 0 radical (unpaired) electrons. The van der Waals surface area contributed by atoms with Gasteiger partial charge >= 0.3 is 19.8 Å². The number of hydrogen-bond donors (Lipinski definition) is 4. The van der Waals surface area contributed by atoms with E-state index in [1.165, 1.54) is 0 Å². The van der Waals surface area contributed by atoms with Crippen LogP contribution >= 0.6 is 7.82 Å². The number of phosphoric acid groups is 1. The number of carbonyl (C=O) groups excluding carboxylic acids is 2. The van der Waals surface area contributed by atoms with Crippen LogP contribution in [0.1, 0.15) is 123 Å². The van der Waals surface area contributed by atoms with E-state index >= 15 is 0 Å². The number of carboxylic acids is 1. The number of allylic oxidation sites excluding steroid dienone is 10. The number of aliphatic hydroxyl groups is 1. The molecule has 0 aliphatic heterocycles. The Kier molecular flexibility index (Phi) is 30.5. The molecule has 3 atom stereocenters. The van der Waals surface area contributed by atoms with Gasteiger partial charge in [0.05, 0.1) is 13.2 Å². The Morgan fingerprint density at radius 3 is 1.82 bits per heavy atom. The Morgan fingerprint density at radius 1 is 0.673 bits per heavy atom. The first-order valence-electron chi connectivity index (χ1n) is 17.8. The highest BCUT2D eigenvalue weighted by molar-refractivity contribution is 7.47. The lowest BCUT2D eigenvalue weighted by atomic mass is 10.1. The Balaban J connectivity index is 4.10. The maximum atomic E-state index is 12.2. The van der Waals surface area contributed by atoms with E-state index in [2.05, 4.69) is 73.8 Å². The molecule has 280 valence electrons. The molecule has 0 aliphatic rings. The number of aliphatic hydroxyl groups excluding tert-OH is 1. The van der Waals surface area contributed by atoms with Crippen LogP contribution in [-0.4, -0.2) is 64.9 Å². The summed E-state index contributed by atoms with van der Waals surface area (Å²) in [5.41, 5.74) is 0. The van der Waals surface area contributed by atoms with Gasteiger partial charge in [-0.1, -0.05) is 100 Å². The zero-order valence-corrected chi connectivity index (χ0v) is 30.6. The van der Waals surface area contributed by atoms with Crippen LogP contribution in [0.5, 0.6) is 0 Å². The summed E-state index contributed by atoms with van der Waals surface area (Å²) in [6.07, 6.45) is 34.1. The highest BCUT2D eigenvalue weighted by atomic mass is 31.2. The van der Waals surface area contributed by atoms with Crippen molar-refractivity contribution in [2.24, 2.45) is 0 Å². The van der Waals surface area contributed by atoms with Gasteiger partial charge in [-0.15, -0.1) is 0 Å². The second-order valence-corrected chi connectivity index (χ2v) is 13.1. The van der Waals surface area contributed by atoms with E-state index in [1.807, 2.05) is 6.08 Å². The van der Waals surface area contributed by atoms with Crippen LogP contribution in [0.25, 0.3) is 0 Å². The lowest BCUT2D eigenvalue weighted by Crippen LogP contribution is -2.43. The second kappa shape index (κ2) is 32.4. The maximum Gasteiger partial charge on any atom is 0.472 e. The lowest BCUT2D eigenvalue weighted by molar-refractivity contribution is -0.147. The first kappa shape index (κ1) is 46.2. The molecule has 0 aromatic heterocycles. The molecule has 0 saturated heterocycles. The predicted molar refractivity (Wildman–Crippen MR) is 194 cm³/mol. The van der Waals surface area contributed by atoms with Gasteiger partial charge in [0.1, 0.15) is 12.7 Å². The van der Waals surface area contributed by atoms with E-state index in [4.69, 9.17) is 13.8 Å². The van der Waals surface area contributed by atoms with E-state index in [9.17, 15) is 34.1 Å². The monoisotopic (exact) mass is 711 g/mol. The molecule has 4 N–H and O–H groups in total. The molecule has 0 saturated carbocycles. The topological polar surface area (TPSA) is 169 Å². The van der Waals surface area contributed by atoms with Crippen LogP contribution in [0.15, 0.2) is 60.8 Å². The van der Waals surface area contributed by atoms with E-state index in [0.29, 0.717) is 12.8 Å². The van der Waals surface area contributed by atoms with Crippen molar-refractivity contribution in [3.8, 4) is 0 Å². The summed E-state index contributed by atoms with van der Waals surface area (Å²) in [6.45, 7) is 2.32. The van der Waals surface area contributed by atoms with Gasteiger partial charge in [0.15, 0.2) is 6.04 Å². The van der Waals surface area contributed by atoms with Crippen molar-refractivity contribution < 1.29 is 47.8 Å². The van der Waals surface area contributed by atoms with Crippen molar-refractivity contribution in [2.75, 3.05) is 19.8 Å². The van der Waals surface area contributed by atoms with Crippen LogP contribution in [0, 0.1) is 0 Å². The van der Waals surface area contributed by atoms with Crippen molar-refractivity contribution in [1.82, 2.24) is 5.32 Å². The molecule has 3 unspecified atom stereocenters. The number of esters is 1. The van der Waals surface area contributed by atoms with Crippen molar-refractivity contribution in [3.05, 3.63) is 60.8 Å². The zero-order chi connectivity index (χ0) is 36.4. The maximum absolute atomic E-state index is 12.2. The minimum Gasteiger partial charge on any atom is -0.480 e. The van der Waals surface area contributed by atoms with Crippen LogP contribution in [0.3, 0.4) is 0 Å². The number of unbranched alkanes of at least 4 members (excludes halogenated alkanes) is 8. The normalized spacial score (nSPS) is 14.7. The number of carboxylic acid groups (broad SMARTS) is 1. The molecule has 0 aliphatic carbocycles. The zero-order valence-electron chi connectivity index (χ0n) is 29.7. The van der Waals surface area contributed by atoms with Crippen molar-refractivity contribution in [2.45, 2.75) is 135 Å². The summed E-state index contributed by atoms with van der Waals surface area (Å²) in [5.74, 6) is -2.46. The van der Waals surface area contributed by atoms with Crippen molar-refractivity contribution >= 4 is 25.7 Å². The molecule has 0 aromatic rings. The molecule has 12 heteroatoms. The second-order valence-electron chi connectivity index (χ2n) is 11.7. The van der Waals surface area contributed by atoms with E-state index in [1.54, 1.807) is 0 Å². The fraction of sp³-hybridized carbons (Fsp3) is 0.649. The number of rotatable bonds is 32. The average Bonchev–Trinajstić information content (AvgIpc) is 3.07. The van der Waals surface area contributed by atoms with Gasteiger partial charge in [0, 0.05) is 12.8 Å². The summed E-state index contributed by atoms with van der Waals surface area (Å²) in [6, 6.07) is -1.57. The minimum absolute atomic E-state index is 0.0898. The Morgan fingerprint density at radius 2 is 1.18 bits per heavy atom. The minimum atomic E-state index is -4.76. The van der Waals surface area contributed by atoms with E-state index in [0.717, 1.165) is 83.5 Å². The average molecular weight is 712 g/mol. The SMILES string of the molecule is CC/C=C\C/C=C\C/C=C\C/C=C\CCCCC(=O)NC(COP(=O)(O)OCC(O)COC(=O)CCCCCCC/C=C\CCC)C(=O)O. The molecule has 0 spiro atoms. The standard InChI is InChI=1S/C37H62NO10P/c1-3-5-7-9-11-13-15-16-17-18-19-20-22-24-26-28-35(40)38-34(37(42)43)32-48-49(44,45)47-31-33(39)30-46-36(41)29-27-25-23-21-14-12-10-8-6-4-2/h5,7-8,10-11,13,16-17,19-20,33-34,39H,3-4,6,9,12,14-15,18,21-32H2,1-2H3,(H,38,40)(H,42,43)(H,44,45)/b7-5-,10-8-,13-11-,17-16-,20-19-. The molecule has 1 amide bonds. The smallest absolute Gasteiger partial charge is 0.472 e. The summed E-state index contributed by atoms with van der Waals surface area (Å²) < 4.78 is 26.6. The van der Waals surface area contributed by atoms with Gasteiger partial charge in [-0.3, -0.25) is 18.6 Å². The summed E-state index contributed by atoms with van der Waals surface area (Å²) in [5, 5.41) is 21.6. The first-order valence-corrected chi connectivity index (χ1v) is 19.3. The van der Waals surface area contributed by atoms with Gasteiger partial charge < -0.3 is 25.2 Å². The predicted octanol–water partition coefficient (Wildman–Crippen LogP) is 8.05. The summed E-state index contributed by atoms with van der Waals surface area (Å²) in [4.78, 5) is 45.6.